The van der Waals surface area contributed by atoms with Crippen molar-refractivity contribution < 1.29 is 23.5 Å². The van der Waals surface area contributed by atoms with E-state index in [0.29, 0.717) is 38.2 Å². The normalized spacial score (nSPS) is 11.6. The summed E-state index contributed by atoms with van der Waals surface area (Å²) in [6.45, 7) is 0. The number of nitrogens with one attached hydrogen (secondary N) is 1. The number of carbonyl (C=O) groups excluding carboxylic acids is 1. The van der Waals surface area contributed by atoms with Gasteiger partial charge in [0.25, 0.3) is 5.91 Å². The fourth-order valence-electron chi connectivity index (χ4n) is 3.82. The summed E-state index contributed by atoms with van der Waals surface area (Å²) in [7, 11) is 0. The van der Waals surface area contributed by atoms with Crippen molar-refractivity contribution in [2.45, 2.75) is 12.5 Å². The fourth-order valence-corrected chi connectivity index (χ4v) is 4.33. The Kier molecular flexibility index (Phi) is 7.15. The zero-order valence-electron chi connectivity index (χ0n) is 18.2. The Balaban J connectivity index is 1.71. The number of nitriles is 1. The molecule has 0 saturated carbocycles. The maximum absolute atomic E-state index is 14.2. The second kappa shape index (κ2) is 10.3. The van der Waals surface area contributed by atoms with E-state index in [2.05, 4.69) is 10.3 Å². The highest BCUT2D eigenvalue weighted by molar-refractivity contribution is 6.34. The second-order valence-corrected chi connectivity index (χ2v) is 8.58. The molecule has 6 nitrogen and oxygen atoms in total. The molecule has 1 amide bonds. The minimum absolute atomic E-state index is 0.181. The topological polar surface area (TPSA) is 103 Å². The molecule has 1 unspecified atom stereocenters. The summed E-state index contributed by atoms with van der Waals surface area (Å²) in [5.74, 6) is -5.30. The van der Waals surface area contributed by atoms with Crippen LogP contribution in [0.15, 0.2) is 60.8 Å². The molecule has 36 heavy (non-hydrogen) atoms. The van der Waals surface area contributed by atoms with Crippen molar-refractivity contribution in [2.24, 2.45) is 0 Å². The molecule has 0 saturated heterocycles. The first-order valence-corrected chi connectivity index (χ1v) is 11.2. The van der Waals surface area contributed by atoms with Gasteiger partial charge in [0.05, 0.1) is 27.7 Å². The van der Waals surface area contributed by atoms with E-state index in [1.165, 1.54) is 6.07 Å². The summed E-state index contributed by atoms with van der Waals surface area (Å²) in [6, 6.07) is 14.0. The third-order valence-corrected chi connectivity index (χ3v) is 6.17. The maximum Gasteiger partial charge on any atom is 0.326 e. The van der Waals surface area contributed by atoms with Crippen molar-refractivity contribution in [2.75, 3.05) is 0 Å². The van der Waals surface area contributed by atoms with Crippen molar-refractivity contribution in [3.63, 3.8) is 0 Å². The Bertz CT molecular complexity index is 1570. The molecule has 1 atom stereocenters. The van der Waals surface area contributed by atoms with Gasteiger partial charge in [-0.3, -0.25) is 9.78 Å². The molecule has 0 radical (unpaired) electrons. The minimum Gasteiger partial charge on any atom is -0.480 e. The Morgan fingerprint density at radius 2 is 1.81 bits per heavy atom. The van der Waals surface area contributed by atoms with Crippen LogP contribution in [0, 0.1) is 23.0 Å². The lowest BCUT2D eigenvalue weighted by Gasteiger charge is -2.18. The van der Waals surface area contributed by atoms with Crippen LogP contribution in [0.25, 0.3) is 22.0 Å². The number of halogens is 4. The van der Waals surface area contributed by atoms with Gasteiger partial charge in [0.2, 0.25) is 0 Å². The first-order valence-electron chi connectivity index (χ1n) is 10.4. The first kappa shape index (κ1) is 25.0. The van der Waals surface area contributed by atoms with E-state index in [-0.39, 0.29) is 11.4 Å². The highest BCUT2D eigenvalue weighted by Gasteiger charge is 2.26. The number of aliphatic carboxylic acids is 1. The average Bonchev–Trinajstić information content (AvgIpc) is 2.86. The van der Waals surface area contributed by atoms with Crippen molar-refractivity contribution in [1.29, 1.82) is 5.26 Å². The number of fused-ring (bicyclic) bond motifs is 1. The molecule has 0 bridgehead atoms. The molecule has 1 heterocycles. The molecule has 0 spiro atoms. The number of hydrogen-bond acceptors (Lipinski definition) is 4. The summed E-state index contributed by atoms with van der Waals surface area (Å²) in [4.78, 5) is 29.0. The smallest absolute Gasteiger partial charge is 0.326 e. The van der Waals surface area contributed by atoms with Crippen molar-refractivity contribution in [3.05, 3.63) is 99.2 Å². The van der Waals surface area contributed by atoms with E-state index in [9.17, 15) is 23.5 Å². The lowest BCUT2D eigenvalue weighted by atomic mass is 9.94. The van der Waals surface area contributed by atoms with Crippen molar-refractivity contribution in [1.82, 2.24) is 10.3 Å². The predicted octanol–water partition coefficient (Wildman–Crippen LogP) is 5.78. The van der Waals surface area contributed by atoms with Gasteiger partial charge in [-0.15, -0.1) is 0 Å². The van der Waals surface area contributed by atoms with E-state index in [0.717, 1.165) is 12.1 Å². The third-order valence-electron chi connectivity index (χ3n) is 5.55. The highest BCUT2D eigenvalue weighted by atomic mass is 35.5. The lowest BCUT2D eigenvalue weighted by Crippen LogP contribution is -2.42. The molecule has 4 rings (SSSR count). The number of carboxylic acids is 1. The Hall–Kier alpha value is -4.06. The molecule has 4 aromatic rings. The van der Waals surface area contributed by atoms with E-state index in [4.69, 9.17) is 28.5 Å². The molecule has 0 fully saturated rings. The highest BCUT2D eigenvalue weighted by Crippen LogP contribution is 2.35. The number of carboxylic acid groups (broad SMARTS) is 1. The van der Waals surface area contributed by atoms with Crippen LogP contribution in [0.4, 0.5) is 8.78 Å². The van der Waals surface area contributed by atoms with Gasteiger partial charge in [0, 0.05) is 34.2 Å². The molecule has 0 aliphatic rings. The quantitative estimate of drug-likeness (QED) is 0.310. The van der Waals surface area contributed by atoms with Gasteiger partial charge in [-0.2, -0.15) is 5.26 Å². The average molecular weight is 526 g/mol. The summed E-state index contributed by atoms with van der Waals surface area (Å²) >= 11 is 12.2. The second-order valence-electron chi connectivity index (χ2n) is 7.76. The first-order chi connectivity index (χ1) is 17.2. The Morgan fingerprint density at radius 1 is 1.06 bits per heavy atom. The molecule has 0 aliphatic carbocycles. The van der Waals surface area contributed by atoms with Gasteiger partial charge in [0.1, 0.15) is 6.04 Å². The Morgan fingerprint density at radius 3 is 2.50 bits per heavy atom. The Labute approximate surface area is 213 Å². The summed E-state index contributed by atoms with van der Waals surface area (Å²) in [5, 5.41) is 21.6. The number of aromatic nitrogens is 1. The summed E-state index contributed by atoms with van der Waals surface area (Å²) in [6.07, 6.45) is 1.39. The standard InChI is InChI=1S/C26H15Cl2F2N3O3/c27-18-7-8-20(29)23(30)22(18)25(34)33-21(26(35)36)11-14-4-6-17(24-15(14)2-1-9-32-24)16-5-3-13(12-31)10-19(16)28/h1-10,21H,11H2,(H,33,34)(H,35,36). The number of pyridine rings is 1. The number of rotatable bonds is 6. The van der Waals surface area contributed by atoms with Crippen LogP contribution in [-0.4, -0.2) is 28.0 Å². The zero-order valence-corrected chi connectivity index (χ0v) is 19.7. The molecule has 0 aliphatic heterocycles. The van der Waals surface area contributed by atoms with Crippen LogP contribution < -0.4 is 5.32 Å². The van der Waals surface area contributed by atoms with Crippen LogP contribution in [0.1, 0.15) is 21.5 Å². The SMILES string of the molecule is N#Cc1ccc(-c2ccc(CC(NC(=O)c3c(Cl)ccc(F)c3F)C(=O)O)c3cccnc23)c(Cl)c1. The minimum atomic E-state index is -1.48. The van der Waals surface area contributed by atoms with Gasteiger partial charge >= 0.3 is 5.97 Å². The van der Waals surface area contributed by atoms with Crippen molar-refractivity contribution in [3.8, 4) is 17.2 Å². The van der Waals surface area contributed by atoms with Gasteiger partial charge < -0.3 is 10.4 Å². The van der Waals surface area contributed by atoms with Gasteiger partial charge in [-0.1, -0.05) is 47.5 Å². The molecule has 10 heteroatoms. The van der Waals surface area contributed by atoms with Gasteiger partial charge in [0.15, 0.2) is 11.6 Å². The van der Waals surface area contributed by atoms with Crippen LogP contribution in [-0.2, 0) is 11.2 Å². The van der Waals surface area contributed by atoms with E-state index < -0.39 is 35.1 Å². The number of nitrogens with zero attached hydrogens (tertiary/aromatic N) is 2. The number of hydrogen-bond donors (Lipinski definition) is 2. The molecule has 1 aromatic heterocycles. The van der Waals surface area contributed by atoms with Crippen LogP contribution in [0.2, 0.25) is 10.0 Å². The fraction of sp³-hybridized carbons (Fsp3) is 0.0769. The number of amides is 1. The van der Waals surface area contributed by atoms with Crippen LogP contribution in [0.5, 0.6) is 0 Å². The summed E-state index contributed by atoms with van der Waals surface area (Å²) in [5.41, 5.74) is 1.97. The van der Waals surface area contributed by atoms with Crippen molar-refractivity contribution >= 4 is 46.0 Å². The molecular formula is C26H15Cl2F2N3O3. The molecule has 3 aromatic carbocycles. The zero-order chi connectivity index (χ0) is 26.0. The number of carbonyl (C=O) groups is 2. The summed E-state index contributed by atoms with van der Waals surface area (Å²) < 4.78 is 27.8. The predicted molar refractivity (Wildman–Crippen MR) is 131 cm³/mol. The molecular weight excluding hydrogens is 511 g/mol. The lowest BCUT2D eigenvalue weighted by molar-refractivity contribution is -0.139. The van der Waals surface area contributed by atoms with E-state index in [1.54, 1.807) is 42.6 Å². The number of benzene rings is 3. The van der Waals surface area contributed by atoms with E-state index in [1.807, 2.05) is 6.07 Å². The van der Waals surface area contributed by atoms with E-state index >= 15 is 0 Å². The van der Waals surface area contributed by atoms with Crippen LogP contribution >= 0.6 is 23.2 Å². The molecule has 180 valence electrons. The maximum atomic E-state index is 14.2. The largest absolute Gasteiger partial charge is 0.480 e. The monoisotopic (exact) mass is 525 g/mol. The van der Waals surface area contributed by atoms with Gasteiger partial charge in [-0.25, -0.2) is 13.6 Å². The molecule has 2 N–H and O–H groups in total. The van der Waals surface area contributed by atoms with Gasteiger partial charge in [-0.05, 0) is 35.9 Å². The third kappa shape index (κ3) is 4.85. The van der Waals surface area contributed by atoms with Crippen LogP contribution in [0.3, 0.4) is 0 Å².